The Kier molecular flexibility index (Phi) is 28.4. The molecule has 0 radical (unpaired) electrons. The van der Waals surface area contributed by atoms with Crippen LogP contribution in [0.15, 0.2) is 364 Å². The van der Waals surface area contributed by atoms with Gasteiger partial charge in [-0.25, -0.2) is 0 Å². The van der Waals surface area contributed by atoms with Crippen molar-refractivity contribution in [3.63, 3.8) is 0 Å². The summed E-state index contributed by atoms with van der Waals surface area (Å²) in [6.45, 7) is 0. The zero-order chi connectivity index (χ0) is 60.1. The Balaban J connectivity index is 0.000000153. The van der Waals surface area contributed by atoms with E-state index < -0.39 is 34.4 Å². The predicted octanol–water partition coefficient (Wildman–Crippen LogP) is 20.7. The quantitative estimate of drug-likeness (QED) is 0.0424. The second kappa shape index (κ2) is 38.6. The molecule has 0 aromatic heterocycles. The molecule has 0 aliphatic rings. The summed E-state index contributed by atoms with van der Waals surface area (Å²) in [5, 5.41) is 0. The van der Waals surface area contributed by atoms with Gasteiger partial charge in [0.1, 0.15) is 0 Å². The van der Waals surface area contributed by atoms with Gasteiger partial charge < -0.3 is 0 Å². The predicted molar refractivity (Wildman–Crippen MR) is 358 cm³/mol. The van der Waals surface area contributed by atoms with E-state index >= 15 is 0 Å². The molecule has 12 aromatic rings. The minimum absolute atomic E-state index is 0. The van der Waals surface area contributed by atoms with Crippen molar-refractivity contribution >= 4 is 34.4 Å². The Morgan fingerprint density at radius 1 is 0.112 bits per heavy atom. The fraction of sp³-hybridized carbons (Fsp3) is 0. The SMILES string of the molecule is [Ni].c1ccc(O[PH+](Oc2ccccc2)Oc2ccccc2)cc1.c1ccc(O[PH+](Oc2ccccc2)Oc2ccccc2)cc1.c1ccc(O[PH+](Oc2ccccc2)Oc2ccccc2)cc1.c1ccc(O[PH+](Oc2ccccc2)Oc2ccccc2)cc1. The molecule has 0 spiro atoms. The Hall–Kier alpha value is -9.55. The Morgan fingerprint density at radius 3 is 0.247 bits per heavy atom. The van der Waals surface area contributed by atoms with Gasteiger partial charge in [0.15, 0.2) is 69.0 Å². The van der Waals surface area contributed by atoms with E-state index in [1.165, 1.54) is 0 Å². The maximum atomic E-state index is 5.88. The molecule has 12 rings (SSSR count). The average Bonchev–Trinajstić information content (AvgIpc) is 3.73. The fourth-order valence-electron chi connectivity index (χ4n) is 7.27. The number of hydrogen-bond donors (Lipinski definition) is 0. The second-order valence-corrected chi connectivity index (χ2v) is 22.4. The van der Waals surface area contributed by atoms with E-state index in [1.807, 2.05) is 364 Å². The van der Waals surface area contributed by atoms with Gasteiger partial charge >= 0.3 is 34.4 Å². The molecule has 0 saturated heterocycles. The van der Waals surface area contributed by atoms with E-state index in [1.54, 1.807) is 0 Å². The Bertz CT molecular complexity index is 2810. The topological polar surface area (TPSA) is 111 Å². The monoisotopic (exact) mass is 1300 g/mol. The van der Waals surface area contributed by atoms with Crippen molar-refractivity contribution in [1.82, 2.24) is 0 Å². The van der Waals surface area contributed by atoms with E-state index in [0.717, 1.165) is 69.0 Å². The summed E-state index contributed by atoms with van der Waals surface area (Å²) in [7, 11) is -8.01. The molecule has 0 heterocycles. The van der Waals surface area contributed by atoms with Crippen LogP contribution in [0.1, 0.15) is 0 Å². The first-order valence-electron chi connectivity index (χ1n) is 27.8. The third-order valence-corrected chi connectivity index (χ3v) is 16.2. The van der Waals surface area contributed by atoms with Gasteiger partial charge in [-0.3, -0.25) is 54.3 Å². The Labute approximate surface area is 535 Å². The summed E-state index contributed by atoms with van der Waals surface area (Å²) in [4.78, 5) is 0. The molecular weight excluding hydrogens is 1240 g/mol. The van der Waals surface area contributed by atoms with Gasteiger partial charge in [0.05, 0.1) is 0 Å². The maximum absolute atomic E-state index is 5.88. The van der Waals surface area contributed by atoms with Crippen LogP contribution >= 0.6 is 34.4 Å². The van der Waals surface area contributed by atoms with E-state index in [4.69, 9.17) is 54.3 Å². The molecule has 0 saturated carbocycles. The summed E-state index contributed by atoms with van der Waals surface area (Å²) in [5.74, 6) is 8.70. The number of benzene rings is 12. The van der Waals surface area contributed by atoms with Crippen LogP contribution in [0.2, 0.25) is 0 Å². The van der Waals surface area contributed by atoms with Crippen LogP contribution in [0.3, 0.4) is 0 Å². The van der Waals surface area contributed by atoms with Crippen molar-refractivity contribution in [3.05, 3.63) is 364 Å². The van der Waals surface area contributed by atoms with E-state index in [9.17, 15) is 0 Å². The van der Waals surface area contributed by atoms with Crippen LogP contribution in [-0.2, 0) is 16.5 Å². The molecule has 12 nitrogen and oxygen atoms in total. The molecule has 0 atom stereocenters. The van der Waals surface area contributed by atoms with Gasteiger partial charge in [0, 0.05) is 16.5 Å². The molecular formula is C72H64NiO12P4+4. The zero-order valence-corrected chi connectivity index (χ0v) is 52.8. The first-order chi connectivity index (χ1) is 43.6. The van der Waals surface area contributed by atoms with Gasteiger partial charge in [-0.05, 0) is 146 Å². The van der Waals surface area contributed by atoms with E-state index in [0.29, 0.717) is 0 Å². The van der Waals surface area contributed by atoms with Crippen LogP contribution in [0.4, 0.5) is 0 Å². The van der Waals surface area contributed by atoms with Crippen molar-refractivity contribution in [2.45, 2.75) is 0 Å². The first-order valence-corrected chi connectivity index (χ1v) is 32.7. The molecule has 0 N–H and O–H groups in total. The fourth-order valence-corrected chi connectivity index (χ4v) is 11.7. The molecule has 0 aliphatic carbocycles. The van der Waals surface area contributed by atoms with E-state index in [2.05, 4.69) is 0 Å². The minimum atomic E-state index is -2.00. The number of para-hydroxylation sites is 12. The maximum Gasteiger partial charge on any atom is 0.528 e. The van der Waals surface area contributed by atoms with E-state index in [-0.39, 0.29) is 16.5 Å². The van der Waals surface area contributed by atoms with Crippen molar-refractivity contribution in [1.29, 1.82) is 0 Å². The van der Waals surface area contributed by atoms with Crippen molar-refractivity contribution in [2.24, 2.45) is 0 Å². The molecule has 12 aromatic carbocycles. The molecule has 0 bridgehead atoms. The van der Waals surface area contributed by atoms with Gasteiger partial charge in [0.2, 0.25) is 0 Å². The Morgan fingerprint density at radius 2 is 0.180 bits per heavy atom. The first kappa shape index (κ1) is 65.4. The van der Waals surface area contributed by atoms with Crippen LogP contribution in [-0.4, -0.2) is 0 Å². The van der Waals surface area contributed by atoms with Crippen molar-refractivity contribution < 1.29 is 70.8 Å². The van der Waals surface area contributed by atoms with Crippen LogP contribution < -0.4 is 54.3 Å². The van der Waals surface area contributed by atoms with Gasteiger partial charge in [-0.15, -0.1) is 0 Å². The molecule has 0 unspecified atom stereocenters. The summed E-state index contributed by atoms with van der Waals surface area (Å²) in [5.41, 5.74) is 0. The summed E-state index contributed by atoms with van der Waals surface area (Å²) in [6.07, 6.45) is 0. The summed E-state index contributed by atoms with van der Waals surface area (Å²) >= 11 is 0. The average molecular weight is 1300 g/mol. The van der Waals surface area contributed by atoms with Crippen molar-refractivity contribution in [2.75, 3.05) is 0 Å². The third kappa shape index (κ3) is 25.4. The second-order valence-electron chi connectivity index (χ2n) is 18.0. The summed E-state index contributed by atoms with van der Waals surface area (Å²) in [6, 6.07) is 114. The van der Waals surface area contributed by atoms with Crippen molar-refractivity contribution in [3.8, 4) is 69.0 Å². The largest absolute Gasteiger partial charge is 0.528 e. The minimum Gasteiger partial charge on any atom is -0.273 e. The summed E-state index contributed by atoms with van der Waals surface area (Å²) < 4.78 is 70.6. The third-order valence-electron chi connectivity index (χ3n) is 11.3. The van der Waals surface area contributed by atoms with Crippen LogP contribution in [0.5, 0.6) is 69.0 Å². The van der Waals surface area contributed by atoms with Crippen LogP contribution in [0, 0.1) is 0 Å². The number of rotatable bonds is 24. The molecule has 89 heavy (non-hydrogen) atoms. The zero-order valence-electron chi connectivity index (χ0n) is 47.9. The standard InChI is InChI=1S/4C18H16O3P.Ni/c4*1-4-10-16(11-5-1)19-22(20-17-12-6-2-7-13-17)21-18-14-8-3-9-15-18;/h4*1-15,22H;/q4*+1;. The number of hydrogen-bond acceptors (Lipinski definition) is 12. The smallest absolute Gasteiger partial charge is 0.273 e. The van der Waals surface area contributed by atoms with Gasteiger partial charge in [-0.1, -0.05) is 218 Å². The normalized spacial score (nSPS) is 10.1. The molecule has 450 valence electrons. The van der Waals surface area contributed by atoms with Gasteiger partial charge in [-0.2, -0.15) is 0 Å². The molecule has 0 fully saturated rings. The van der Waals surface area contributed by atoms with Crippen LogP contribution in [0.25, 0.3) is 0 Å². The molecule has 0 amide bonds. The van der Waals surface area contributed by atoms with Gasteiger partial charge in [0.25, 0.3) is 0 Å². The molecule has 17 heteroatoms. The molecule has 0 aliphatic heterocycles.